The van der Waals surface area contributed by atoms with Crippen LogP contribution in [0.2, 0.25) is 0 Å². The Bertz CT molecular complexity index is 814. The Balaban J connectivity index is 2.05. The van der Waals surface area contributed by atoms with E-state index in [-0.39, 0.29) is 18.4 Å². The van der Waals surface area contributed by atoms with Gasteiger partial charge in [-0.05, 0) is 50.4 Å². The second-order valence-corrected chi connectivity index (χ2v) is 7.79. The molecule has 0 saturated carbocycles. The van der Waals surface area contributed by atoms with Crippen LogP contribution in [0, 0.1) is 12.7 Å². The Labute approximate surface area is 149 Å². The predicted octanol–water partition coefficient (Wildman–Crippen LogP) is 3.33. The minimum atomic E-state index is -3.57. The van der Waals surface area contributed by atoms with Crippen molar-refractivity contribution in [3.8, 4) is 0 Å². The van der Waals surface area contributed by atoms with Crippen LogP contribution >= 0.6 is 0 Å². The van der Waals surface area contributed by atoms with E-state index < -0.39 is 10.0 Å². The standard InChI is InChI=1S/C19H23FN2O2S/c1-15-4-6-16(7-5-15)12-13-25(23,24)21-14-19(22(2)3)17-8-10-18(20)11-9-17/h4-13,19,21H,14H2,1-3H3/b13-12-/t19-/m0/s1. The van der Waals surface area contributed by atoms with Gasteiger partial charge in [-0.25, -0.2) is 17.5 Å². The number of hydrogen-bond donors (Lipinski definition) is 1. The molecular formula is C19H23FN2O2S. The Morgan fingerprint density at radius 1 is 1.08 bits per heavy atom. The molecule has 0 aliphatic rings. The average Bonchev–Trinajstić information content (AvgIpc) is 2.56. The van der Waals surface area contributed by atoms with Crippen LogP contribution in [0.3, 0.4) is 0 Å². The largest absolute Gasteiger partial charge is 0.301 e. The maximum atomic E-state index is 13.1. The highest BCUT2D eigenvalue weighted by atomic mass is 32.2. The molecule has 25 heavy (non-hydrogen) atoms. The first kappa shape index (κ1) is 19.3. The normalized spacial score (nSPS) is 13.5. The van der Waals surface area contributed by atoms with Gasteiger partial charge in [-0.3, -0.25) is 0 Å². The summed E-state index contributed by atoms with van der Waals surface area (Å²) in [6.45, 7) is 2.17. The van der Waals surface area contributed by atoms with E-state index >= 15 is 0 Å². The van der Waals surface area contributed by atoms with E-state index in [4.69, 9.17) is 0 Å². The van der Waals surface area contributed by atoms with Gasteiger partial charge in [0.15, 0.2) is 0 Å². The van der Waals surface area contributed by atoms with Crippen LogP contribution in [-0.4, -0.2) is 34.0 Å². The highest BCUT2D eigenvalue weighted by Gasteiger charge is 2.16. The molecule has 2 rings (SSSR count). The summed E-state index contributed by atoms with van der Waals surface area (Å²) >= 11 is 0. The summed E-state index contributed by atoms with van der Waals surface area (Å²) in [5.41, 5.74) is 2.78. The van der Waals surface area contributed by atoms with Crippen LogP contribution < -0.4 is 4.72 Å². The van der Waals surface area contributed by atoms with Gasteiger partial charge in [-0.1, -0.05) is 42.0 Å². The molecule has 6 heteroatoms. The van der Waals surface area contributed by atoms with E-state index in [1.165, 1.54) is 12.1 Å². The lowest BCUT2D eigenvalue weighted by molar-refractivity contribution is 0.299. The Morgan fingerprint density at radius 2 is 1.68 bits per heavy atom. The molecule has 0 saturated heterocycles. The van der Waals surface area contributed by atoms with Crippen molar-refractivity contribution in [3.63, 3.8) is 0 Å². The maximum absolute atomic E-state index is 13.1. The number of nitrogens with zero attached hydrogens (tertiary/aromatic N) is 1. The van der Waals surface area contributed by atoms with Crippen molar-refractivity contribution < 1.29 is 12.8 Å². The zero-order valence-electron chi connectivity index (χ0n) is 14.6. The molecule has 2 aromatic carbocycles. The van der Waals surface area contributed by atoms with Gasteiger partial charge in [0.1, 0.15) is 5.82 Å². The first-order valence-corrected chi connectivity index (χ1v) is 9.48. The van der Waals surface area contributed by atoms with Crippen molar-refractivity contribution in [2.24, 2.45) is 0 Å². The molecule has 0 fully saturated rings. The predicted molar refractivity (Wildman–Crippen MR) is 100.0 cm³/mol. The molecule has 0 aromatic heterocycles. The van der Waals surface area contributed by atoms with Crippen LogP contribution in [0.15, 0.2) is 53.9 Å². The fraction of sp³-hybridized carbons (Fsp3) is 0.263. The summed E-state index contributed by atoms with van der Waals surface area (Å²) < 4.78 is 40.1. The van der Waals surface area contributed by atoms with E-state index in [1.54, 1.807) is 18.2 Å². The van der Waals surface area contributed by atoms with Crippen LogP contribution in [-0.2, 0) is 10.0 Å². The molecule has 134 valence electrons. The monoisotopic (exact) mass is 362 g/mol. The lowest BCUT2D eigenvalue weighted by atomic mass is 10.1. The first-order chi connectivity index (χ1) is 11.8. The molecule has 0 aliphatic heterocycles. The van der Waals surface area contributed by atoms with Crippen molar-refractivity contribution in [3.05, 3.63) is 76.4 Å². The fourth-order valence-electron chi connectivity index (χ4n) is 2.37. The number of hydrogen-bond acceptors (Lipinski definition) is 3. The number of likely N-dealkylation sites (N-methyl/N-ethyl adjacent to an activating group) is 1. The van der Waals surface area contributed by atoms with Crippen molar-refractivity contribution >= 4 is 16.1 Å². The zero-order chi connectivity index (χ0) is 18.4. The molecular weight excluding hydrogens is 339 g/mol. The van der Waals surface area contributed by atoms with E-state index in [1.807, 2.05) is 50.2 Å². The summed E-state index contributed by atoms with van der Waals surface area (Å²) in [6, 6.07) is 13.5. The number of nitrogens with one attached hydrogen (secondary N) is 1. The van der Waals surface area contributed by atoms with Crippen LogP contribution in [0.1, 0.15) is 22.7 Å². The van der Waals surface area contributed by atoms with Crippen molar-refractivity contribution in [1.29, 1.82) is 0 Å². The molecule has 1 N–H and O–H groups in total. The van der Waals surface area contributed by atoms with Crippen LogP contribution in [0.4, 0.5) is 4.39 Å². The molecule has 1 atom stereocenters. The highest BCUT2D eigenvalue weighted by Crippen LogP contribution is 2.18. The lowest BCUT2D eigenvalue weighted by Crippen LogP contribution is -2.33. The van der Waals surface area contributed by atoms with Gasteiger partial charge >= 0.3 is 0 Å². The Hall–Kier alpha value is -2.02. The van der Waals surface area contributed by atoms with Gasteiger partial charge in [0, 0.05) is 18.0 Å². The summed E-state index contributed by atoms with van der Waals surface area (Å²) in [5.74, 6) is -0.317. The molecule has 0 unspecified atom stereocenters. The summed E-state index contributed by atoms with van der Waals surface area (Å²) in [4.78, 5) is 1.89. The quantitative estimate of drug-likeness (QED) is 0.822. The number of halogens is 1. The molecule has 2 aromatic rings. The van der Waals surface area contributed by atoms with Gasteiger partial charge in [-0.2, -0.15) is 0 Å². The summed E-state index contributed by atoms with van der Waals surface area (Å²) in [6.07, 6.45) is 1.56. The highest BCUT2D eigenvalue weighted by molar-refractivity contribution is 7.92. The number of aryl methyl sites for hydroxylation is 1. The van der Waals surface area contributed by atoms with Crippen LogP contribution in [0.25, 0.3) is 6.08 Å². The van der Waals surface area contributed by atoms with Gasteiger partial charge in [-0.15, -0.1) is 0 Å². The van der Waals surface area contributed by atoms with Crippen molar-refractivity contribution in [2.75, 3.05) is 20.6 Å². The average molecular weight is 362 g/mol. The van der Waals surface area contributed by atoms with Gasteiger partial charge < -0.3 is 4.90 Å². The maximum Gasteiger partial charge on any atom is 0.233 e. The Kier molecular flexibility index (Phi) is 6.47. The van der Waals surface area contributed by atoms with E-state index in [0.717, 1.165) is 22.1 Å². The minimum Gasteiger partial charge on any atom is -0.301 e. The first-order valence-electron chi connectivity index (χ1n) is 7.93. The second-order valence-electron chi connectivity index (χ2n) is 6.14. The Morgan fingerprint density at radius 3 is 2.24 bits per heavy atom. The van der Waals surface area contributed by atoms with Gasteiger partial charge in [0.05, 0.1) is 0 Å². The second kappa shape index (κ2) is 8.38. The molecule has 0 bridgehead atoms. The lowest BCUT2D eigenvalue weighted by Gasteiger charge is -2.24. The van der Waals surface area contributed by atoms with Gasteiger partial charge in [0.25, 0.3) is 0 Å². The number of sulfonamides is 1. The third-order valence-electron chi connectivity index (χ3n) is 3.87. The SMILES string of the molecule is Cc1ccc(/C=C\S(=O)(=O)NC[C@@H](c2ccc(F)cc2)N(C)C)cc1. The van der Waals surface area contributed by atoms with Crippen LogP contribution in [0.5, 0.6) is 0 Å². The van der Waals surface area contributed by atoms with Crippen molar-refractivity contribution in [1.82, 2.24) is 9.62 Å². The smallest absolute Gasteiger partial charge is 0.233 e. The number of rotatable bonds is 7. The van der Waals surface area contributed by atoms with E-state index in [2.05, 4.69) is 4.72 Å². The topological polar surface area (TPSA) is 49.4 Å². The zero-order valence-corrected chi connectivity index (χ0v) is 15.4. The molecule has 0 spiro atoms. The fourth-order valence-corrected chi connectivity index (χ4v) is 3.20. The molecule has 0 heterocycles. The third kappa shape index (κ3) is 6.08. The molecule has 0 radical (unpaired) electrons. The molecule has 0 aliphatic carbocycles. The third-order valence-corrected chi connectivity index (χ3v) is 4.94. The minimum absolute atomic E-state index is 0.192. The summed E-state index contributed by atoms with van der Waals surface area (Å²) in [5, 5.41) is 1.16. The molecule has 4 nitrogen and oxygen atoms in total. The van der Waals surface area contributed by atoms with Crippen molar-refractivity contribution in [2.45, 2.75) is 13.0 Å². The molecule has 0 amide bonds. The van der Waals surface area contributed by atoms with Gasteiger partial charge in [0.2, 0.25) is 10.0 Å². The number of benzene rings is 2. The summed E-state index contributed by atoms with van der Waals surface area (Å²) in [7, 11) is 0.137. The van der Waals surface area contributed by atoms with E-state index in [0.29, 0.717) is 0 Å². The van der Waals surface area contributed by atoms with E-state index in [9.17, 15) is 12.8 Å².